The highest BCUT2D eigenvalue weighted by atomic mass is 32.1. The van der Waals surface area contributed by atoms with Crippen LogP contribution in [0.4, 0.5) is 0 Å². The molecule has 0 radical (unpaired) electrons. The zero-order valence-corrected chi connectivity index (χ0v) is 13.5. The van der Waals surface area contributed by atoms with Gasteiger partial charge in [0.15, 0.2) is 5.78 Å². The summed E-state index contributed by atoms with van der Waals surface area (Å²) in [5, 5.41) is 2.10. The molecular weight excluding hydrogens is 278 g/mol. The second-order valence-electron chi connectivity index (χ2n) is 5.94. The van der Waals surface area contributed by atoms with Gasteiger partial charge in [0.05, 0.1) is 6.54 Å². The molecule has 3 heteroatoms. The van der Waals surface area contributed by atoms with Crippen molar-refractivity contribution < 1.29 is 4.79 Å². The van der Waals surface area contributed by atoms with Crippen molar-refractivity contribution in [2.75, 3.05) is 6.54 Å². The van der Waals surface area contributed by atoms with Crippen molar-refractivity contribution in [2.45, 2.75) is 39.3 Å². The van der Waals surface area contributed by atoms with Gasteiger partial charge in [-0.25, -0.2) is 0 Å². The smallest absolute Gasteiger partial charge is 0.176 e. The number of hydrogen-bond donors (Lipinski definition) is 0. The maximum atomic E-state index is 12.5. The third-order valence-electron chi connectivity index (χ3n) is 4.18. The van der Waals surface area contributed by atoms with Crippen molar-refractivity contribution in [1.82, 2.24) is 4.90 Å². The number of benzene rings is 1. The highest BCUT2D eigenvalue weighted by Gasteiger charge is 2.30. The molecule has 1 aliphatic rings. The van der Waals surface area contributed by atoms with Crippen LogP contribution in [0.15, 0.2) is 35.7 Å². The van der Waals surface area contributed by atoms with Crippen LogP contribution in [0, 0.1) is 13.8 Å². The SMILES string of the molecule is Cc1ccc(C(=O)CN(Cc2cccs2)C2CC2)cc1C. The molecule has 3 rings (SSSR count). The summed E-state index contributed by atoms with van der Waals surface area (Å²) in [5.41, 5.74) is 3.27. The molecule has 2 aromatic rings. The first-order chi connectivity index (χ1) is 10.1. The van der Waals surface area contributed by atoms with Gasteiger partial charge in [0.25, 0.3) is 0 Å². The monoisotopic (exact) mass is 299 g/mol. The van der Waals surface area contributed by atoms with Gasteiger partial charge in [-0.2, -0.15) is 0 Å². The topological polar surface area (TPSA) is 20.3 Å². The zero-order chi connectivity index (χ0) is 14.8. The predicted molar refractivity (Wildman–Crippen MR) is 88.0 cm³/mol. The van der Waals surface area contributed by atoms with Crippen LogP contribution in [0.3, 0.4) is 0 Å². The number of carbonyl (C=O) groups excluding carboxylic acids is 1. The minimum Gasteiger partial charge on any atom is -0.293 e. The molecule has 1 aromatic carbocycles. The lowest BCUT2D eigenvalue weighted by Gasteiger charge is -2.20. The van der Waals surface area contributed by atoms with E-state index in [2.05, 4.69) is 36.3 Å². The van der Waals surface area contributed by atoms with E-state index in [0.717, 1.165) is 12.1 Å². The van der Waals surface area contributed by atoms with Crippen LogP contribution in [-0.4, -0.2) is 23.3 Å². The summed E-state index contributed by atoms with van der Waals surface area (Å²) in [6, 6.07) is 10.9. The van der Waals surface area contributed by atoms with Gasteiger partial charge in [-0.1, -0.05) is 18.2 Å². The van der Waals surface area contributed by atoms with Crippen LogP contribution in [0.1, 0.15) is 39.2 Å². The molecule has 1 aliphatic carbocycles. The predicted octanol–water partition coefficient (Wildman–Crippen LogP) is 4.21. The summed E-state index contributed by atoms with van der Waals surface area (Å²) in [6.45, 7) is 5.58. The first kappa shape index (κ1) is 14.5. The van der Waals surface area contributed by atoms with Crippen molar-refractivity contribution in [1.29, 1.82) is 0 Å². The van der Waals surface area contributed by atoms with Crippen molar-refractivity contribution in [3.05, 3.63) is 57.3 Å². The molecule has 0 amide bonds. The fraction of sp³-hybridized carbons (Fsp3) is 0.389. The number of rotatable bonds is 6. The number of Topliss-reactive ketones (excluding diaryl/α,β-unsaturated/α-hetero) is 1. The summed E-state index contributed by atoms with van der Waals surface area (Å²) in [6.07, 6.45) is 2.46. The molecule has 0 aliphatic heterocycles. The van der Waals surface area contributed by atoms with Crippen LogP contribution < -0.4 is 0 Å². The Bertz CT molecular complexity index is 629. The van der Waals surface area contributed by atoms with Gasteiger partial charge in [-0.15, -0.1) is 11.3 Å². The van der Waals surface area contributed by atoms with E-state index in [-0.39, 0.29) is 5.78 Å². The number of carbonyl (C=O) groups is 1. The molecule has 0 spiro atoms. The third-order valence-corrected chi connectivity index (χ3v) is 5.04. The van der Waals surface area contributed by atoms with Gasteiger partial charge in [0.2, 0.25) is 0 Å². The number of ketones is 1. The molecule has 1 heterocycles. The molecule has 0 unspecified atom stereocenters. The highest BCUT2D eigenvalue weighted by Crippen LogP contribution is 2.29. The molecule has 21 heavy (non-hydrogen) atoms. The molecule has 110 valence electrons. The molecule has 0 N–H and O–H groups in total. The summed E-state index contributed by atoms with van der Waals surface area (Å²) in [4.78, 5) is 16.2. The van der Waals surface area contributed by atoms with Gasteiger partial charge in [0.1, 0.15) is 0 Å². The minimum absolute atomic E-state index is 0.238. The Hall–Kier alpha value is -1.45. The van der Waals surface area contributed by atoms with Crippen LogP contribution >= 0.6 is 11.3 Å². The van der Waals surface area contributed by atoms with E-state index >= 15 is 0 Å². The van der Waals surface area contributed by atoms with Gasteiger partial charge in [-0.3, -0.25) is 9.69 Å². The van der Waals surface area contributed by atoms with Crippen LogP contribution in [-0.2, 0) is 6.54 Å². The lowest BCUT2D eigenvalue weighted by molar-refractivity contribution is 0.0920. The fourth-order valence-electron chi connectivity index (χ4n) is 2.55. The quantitative estimate of drug-likeness (QED) is 0.745. The largest absolute Gasteiger partial charge is 0.293 e. The fourth-order valence-corrected chi connectivity index (χ4v) is 3.28. The Morgan fingerprint density at radius 3 is 2.67 bits per heavy atom. The van der Waals surface area contributed by atoms with Crippen LogP contribution in [0.2, 0.25) is 0 Å². The van der Waals surface area contributed by atoms with E-state index in [4.69, 9.17) is 0 Å². The van der Waals surface area contributed by atoms with Gasteiger partial charge in [0, 0.05) is 23.0 Å². The van der Waals surface area contributed by atoms with E-state index in [1.54, 1.807) is 11.3 Å². The van der Waals surface area contributed by atoms with E-state index in [0.29, 0.717) is 12.6 Å². The third kappa shape index (κ3) is 3.60. The van der Waals surface area contributed by atoms with E-state index in [9.17, 15) is 4.79 Å². The van der Waals surface area contributed by atoms with Crippen LogP contribution in [0.5, 0.6) is 0 Å². The summed E-state index contributed by atoms with van der Waals surface area (Å²) < 4.78 is 0. The van der Waals surface area contributed by atoms with E-state index in [1.807, 2.05) is 18.2 Å². The lowest BCUT2D eigenvalue weighted by Crippen LogP contribution is -2.31. The minimum atomic E-state index is 0.238. The molecule has 0 atom stereocenters. The standard InChI is InChI=1S/C18H21NOS/c1-13-5-6-15(10-14(13)2)18(20)12-19(16-7-8-16)11-17-4-3-9-21-17/h3-6,9-10,16H,7-8,11-12H2,1-2H3. The van der Waals surface area contributed by atoms with Crippen molar-refractivity contribution in [3.63, 3.8) is 0 Å². The van der Waals surface area contributed by atoms with Gasteiger partial charge < -0.3 is 0 Å². The second-order valence-corrected chi connectivity index (χ2v) is 6.97. The van der Waals surface area contributed by atoms with Gasteiger partial charge in [-0.05, 0) is 55.3 Å². The molecular formula is C18H21NOS. The number of hydrogen-bond acceptors (Lipinski definition) is 3. The summed E-state index contributed by atoms with van der Waals surface area (Å²) in [7, 11) is 0. The Morgan fingerprint density at radius 2 is 2.05 bits per heavy atom. The first-order valence-corrected chi connectivity index (χ1v) is 8.38. The maximum Gasteiger partial charge on any atom is 0.176 e. The average molecular weight is 299 g/mol. The Balaban J connectivity index is 1.70. The molecule has 0 saturated heterocycles. The lowest BCUT2D eigenvalue weighted by atomic mass is 10.0. The van der Waals surface area contributed by atoms with Crippen molar-refractivity contribution >= 4 is 17.1 Å². The highest BCUT2D eigenvalue weighted by molar-refractivity contribution is 7.09. The Morgan fingerprint density at radius 1 is 1.24 bits per heavy atom. The molecule has 2 nitrogen and oxygen atoms in total. The first-order valence-electron chi connectivity index (χ1n) is 7.50. The Kier molecular flexibility index (Phi) is 4.22. The molecule has 1 fully saturated rings. The second kappa shape index (κ2) is 6.12. The number of thiophene rings is 1. The maximum absolute atomic E-state index is 12.5. The average Bonchev–Trinajstić information content (AvgIpc) is 3.19. The van der Waals surface area contributed by atoms with Crippen molar-refractivity contribution in [2.24, 2.45) is 0 Å². The number of nitrogens with zero attached hydrogens (tertiary/aromatic N) is 1. The molecule has 0 bridgehead atoms. The summed E-state index contributed by atoms with van der Waals surface area (Å²) >= 11 is 1.77. The number of aryl methyl sites for hydroxylation is 2. The van der Waals surface area contributed by atoms with E-state index in [1.165, 1.54) is 28.8 Å². The van der Waals surface area contributed by atoms with Crippen molar-refractivity contribution in [3.8, 4) is 0 Å². The summed E-state index contributed by atoms with van der Waals surface area (Å²) in [5.74, 6) is 0.238. The molecule has 1 aromatic heterocycles. The van der Waals surface area contributed by atoms with Crippen LogP contribution in [0.25, 0.3) is 0 Å². The zero-order valence-electron chi connectivity index (χ0n) is 12.6. The van der Waals surface area contributed by atoms with E-state index < -0.39 is 0 Å². The molecule has 1 saturated carbocycles. The normalized spacial score (nSPS) is 14.6. The Labute approximate surface area is 130 Å². The van der Waals surface area contributed by atoms with Gasteiger partial charge >= 0.3 is 0 Å².